The third kappa shape index (κ3) is 5.06. The maximum atomic E-state index is 5.78. The van der Waals surface area contributed by atoms with E-state index in [2.05, 4.69) is 44.1 Å². The second-order valence-corrected chi connectivity index (χ2v) is 4.19. The number of nitrogens with zero attached hydrogens (tertiary/aromatic N) is 1. The minimum atomic E-state index is 0. The molecule has 0 bridgehead atoms. The Morgan fingerprint density at radius 2 is 1.88 bits per heavy atom. The molecule has 1 rings (SSSR count). The van der Waals surface area contributed by atoms with Crippen LogP contribution in [-0.4, -0.2) is 20.1 Å². The van der Waals surface area contributed by atoms with Crippen molar-refractivity contribution < 1.29 is 27.7 Å². The summed E-state index contributed by atoms with van der Waals surface area (Å²) in [5, 5.41) is 0. The van der Waals surface area contributed by atoms with Crippen LogP contribution in [0.3, 0.4) is 0 Å². The van der Waals surface area contributed by atoms with Crippen LogP contribution in [0.25, 0.3) is 0 Å². The Kier molecular flexibility index (Phi) is 8.71. The minimum absolute atomic E-state index is 0. The molecule has 0 amide bonds. The molecular formula is C12H22Cl2N2. The number of anilines is 1. The lowest BCUT2D eigenvalue weighted by Crippen LogP contribution is -3.00. The lowest BCUT2D eigenvalue weighted by molar-refractivity contribution is -0.00100. The lowest BCUT2D eigenvalue weighted by atomic mass is 10.0. The largest absolute Gasteiger partial charge is 1.00 e. The Hall–Kier alpha value is -0.440. The first-order chi connectivity index (χ1) is 6.50. The van der Waals surface area contributed by atoms with E-state index in [1.807, 2.05) is 6.92 Å². The highest BCUT2D eigenvalue weighted by Gasteiger charge is 2.03. The quantitative estimate of drug-likeness (QED) is 0.607. The van der Waals surface area contributed by atoms with Crippen LogP contribution in [0.15, 0.2) is 18.2 Å². The van der Waals surface area contributed by atoms with Gasteiger partial charge < -0.3 is 35.4 Å². The standard InChI is InChI=1S/C12H20N2.2ClH/c1-9-7-12(14(3)4)6-5-11(9)8-10(2)13;;/h5-7,10H,8,13H2,1-4H3;2*1H. The van der Waals surface area contributed by atoms with E-state index < -0.39 is 0 Å². The minimum Gasteiger partial charge on any atom is -1.00 e. The van der Waals surface area contributed by atoms with Gasteiger partial charge >= 0.3 is 2.85 Å². The summed E-state index contributed by atoms with van der Waals surface area (Å²) in [4.78, 5) is 2.11. The molecule has 16 heavy (non-hydrogen) atoms. The molecule has 4 heteroatoms. The van der Waals surface area contributed by atoms with Gasteiger partial charge in [-0.25, -0.2) is 0 Å². The van der Waals surface area contributed by atoms with E-state index in [4.69, 9.17) is 5.73 Å². The topological polar surface area (TPSA) is 29.3 Å². The molecule has 0 aliphatic rings. The first-order valence-electron chi connectivity index (χ1n) is 5.03. The van der Waals surface area contributed by atoms with Crippen molar-refractivity contribution in [3.63, 3.8) is 0 Å². The van der Waals surface area contributed by atoms with Gasteiger partial charge in [0.1, 0.15) is 0 Å². The van der Waals surface area contributed by atoms with E-state index in [0.29, 0.717) is 0 Å². The molecule has 1 aromatic carbocycles. The van der Waals surface area contributed by atoms with Gasteiger partial charge in [0.25, 0.3) is 0 Å². The summed E-state index contributed by atoms with van der Waals surface area (Å²) < 4.78 is 0. The zero-order valence-electron chi connectivity index (χ0n) is 12.3. The molecular weight excluding hydrogens is 243 g/mol. The molecule has 2 N–H and O–H groups in total. The van der Waals surface area contributed by atoms with Crippen LogP contribution in [0, 0.1) is 6.92 Å². The van der Waals surface area contributed by atoms with Gasteiger partial charge in [0.15, 0.2) is 0 Å². The summed E-state index contributed by atoms with van der Waals surface area (Å²) in [6.45, 7) is 4.18. The zero-order chi connectivity index (χ0) is 10.7. The predicted molar refractivity (Wildman–Crippen MR) is 65.1 cm³/mol. The molecule has 0 aromatic heterocycles. The Morgan fingerprint density at radius 1 is 1.31 bits per heavy atom. The van der Waals surface area contributed by atoms with Gasteiger partial charge in [0.05, 0.1) is 0 Å². The lowest BCUT2D eigenvalue weighted by Gasteiger charge is -2.15. The Bertz CT molecular complexity index is 321. The van der Waals surface area contributed by atoms with Crippen molar-refractivity contribution in [3.05, 3.63) is 29.3 Å². The van der Waals surface area contributed by atoms with Crippen molar-refractivity contribution in [3.8, 4) is 0 Å². The fraction of sp³-hybridized carbons (Fsp3) is 0.500. The van der Waals surface area contributed by atoms with Crippen molar-refractivity contribution in [1.82, 2.24) is 0 Å². The van der Waals surface area contributed by atoms with Gasteiger partial charge in [-0.1, -0.05) is 6.07 Å². The second-order valence-electron chi connectivity index (χ2n) is 4.19. The molecule has 1 unspecified atom stereocenters. The second kappa shape index (κ2) is 7.77. The summed E-state index contributed by atoms with van der Waals surface area (Å²) in [7, 11) is 4.11. The van der Waals surface area contributed by atoms with Crippen LogP contribution in [0.4, 0.5) is 5.69 Å². The molecule has 0 spiro atoms. The van der Waals surface area contributed by atoms with E-state index in [-0.39, 0.29) is 33.7 Å². The number of rotatable bonds is 3. The van der Waals surface area contributed by atoms with E-state index >= 15 is 0 Å². The van der Waals surface area contributed by atoms with E-state index in [1.54, 1.807) is 0 Å². The van der Waals surface area contributed by atoms with Crippen molar-refractivity contribution in [2.45, 2.75) is 26.3 Å². The molecule has 1 atom stereocenters. The van der Waals surface area contributed by atoms with Crippen LogP contribution in [0.5, 0.6) is 0 Å². The first-order valence-corrected chi connectivity index (χ1v) is 5.03. The smallest absolute Gasteiger partial charge is 1.00 e. The summed E-state index contributed by atoms with van der Waals surface area (Å²) in [5.41, 5.74) is 9.71. The van der Waals surface area contributed by atoms with Crippen molar-refractivity contribution >= 4 is 5.69 Å². The average Bonchev–Trinajstić information content (AvgIpc) is 2.07. The monoisotopic (exact) mass is 264 g/mol. The Balaban J connectivity index is -0.000000245. The molecule has 94 valence electrons. The SMILES string of the molecule is Cc1cc(N(C)C)ccc1CC(C)N.[Cl-].[Cl-].[H+].[H+]. The van der Waals surface area contributed by atoms with Crippen LogP contribution in [0.1, 0.15) is 20.9 Å². The van der Waals surface area contributed by atoms with Gasteiger partial charge in [0.2, 0.25) is 0 Å². The molecule has 0 aliphatic carbocycles. The normalized spacial score (nSPS) is 11.1. The molecule has 0 aliphatic heterocycles. The molecule has 1 aromatic rings. The van der Waals surface area contributed by atoms with Crippen LogP contribution < -0.4 is 35.4 Å². The van der Waals surface area contributed by atoms with E-state index in [0.717, 1.165) is 6.42 Å². The molecule has 2 nitrogen and oxygen atoms in total. The number of aryl methyl sites for hydroxylation is 1. The third-order valence-corrected chi connectivity index (χ3v) is 2.38. The molecule has 0 fully saturated rings. The van der Waals surface area contributed by atoms with Crippen molar-refractivity contribution in [1.29, 1.82) is 0 Å². The first kappa shape index (κ1) is 17.9. The molecule has 0 radical (unpaired) electrons. The Morgan fingerprint density at radius 3 is 2.25 bits per heavy atom. The van der Waals surface area contributed by atoms with Crippen molar-refractivity contribution in [2.24, 2.45) is 5.73 Å². The maximum Gasteiger partial charge on any atom is 1.00 e. The number of hydrogen-bond acceptors (Lipinski definition) is 2. The molecule has 0 heterocycles. The van der Waals surface area contributed by atoms with Crippen LogP contribution in [-0.2, 0) is 6.42 Å². The zero-order valence-corrected chi connectivity index (χ0v) is 11.8. The summed E-state index contributed by atoms with van der Waals surface area (Å²) in [6.07, 6.45) is 0.958. The number of halogens is 2. The summed E-state index contributed by atoms with van der Waals surface area (Å²) in [6, 6.07) is 6.76. The van der Waals surface area contributed by atoms with E-state index in [9.17, 15) is 0 Å². The fourth-order valence-electron chi connectivity index (χ4n) is 1.53. The average molecular weight is 265 g/mol. The van der Waals surface area contributed by atoms with Crippen molar-refractivity contribution in [2.75, 3.05) is 19.0 Å². The summed E-state index contributed by atoms with van der Waals surface area (Å²) in [5.74, 6) is 0. The van der Waals surface area contributed by atoms with Gasteiger partial charge in [-0.15, -0.1) is 0 Å². The Labute approximate surface area is 114 Å². The van der Waals surface area contributed by atoms with Gasteiger partial charge in [-0.2, -0.15) is 0 Å². The third-order valence-electron chi connectivity index (χ3n) is 2.38. The highest BCUT2D eigenvalue weighted by Crippen LogP contribution is 2.18. The highest BCUT2D eigenvalue weighted by molar-refractivity contribution is 5.49. The number of nitrogens with two attached hydrogens (primary N) is 1. The predicted octanol–water partition coefficient (Wildman–Crippen LogP) is -3.82. The highest BCUT2D eigenvalue weighted by atomic mass is 35.5. The molecule has 0 saturated carbocycles. The number of hydrogen-bond donors (Lipinski definition) is 1. The maximum absolute atomic E-state index is 5.78. The fourth-order valence-corrected chi connectivity index (χ4v) is 1.53. The van der Waals surface area contributed by atoms with Gasteiger partial charge in [0, 0.05) is 25.8 Å². The molecule has 0 saturated heterocycles. The van der Waals surface area contributed by atoms with E-state index in [1.165, 1.54) is 16.8 Å². The van der Waals surface area contributed by atoms with Crippen LogP contribution in [0.2, 0.25) is 0 Å². The summed E-state index contributed by atoms with van der Waals surface area (Å²) >= 11 is 0. The van der Waals surface area contributed by atoms with Gasteiger partial charge in [-0.05, 0) is 43.5 Å². The van der Waals surface area contributed by atoms with Crippen LogP contribution >= 0.6 is 0 Å². The number of benzene rings is 1. The van der Waals surface area contributed by atoms with Gasteiger partial charge in [-0.3, -0.25) is 0 Å².